The van der Waals surface area contributed by atoms with Crippen molar-refractivity contribution < 1.29 is 19.2 Å². The van der Waals surface area contributed by atoms with Gasteiger partial charge in [-0.05, 0) is 51.9 Å². The first kappa shape index (κ1) is 17.0. The molecular weight excluding hydrogens is 243 g/mol. The predicted molar refractivity (Wildman–Crippen MR) is 67.7 cm³/mol. The van der Waals surface area contributed by atoms with Gasteiger partial charge < -0.3 is 25.3 Å². The van der Waals surface area contributed by atoms with Crippen LogP contribution in [0.5, 0.6) is 0 Å². The van der Waals surface area contributed by atoms with Gasteiger partial charge in [0.25, 0.3) is 0 Å². The van der Waals surface area contributed by atoms with E-state index in [0.717, 1.165) is 0 Å². The van der Waals surface area contributed by atoms with Gasteiger partial charge in [-0.1, -0.05) is 12.8 Å². The Morgan fingerprint density at radius 3 is 0.941 bits per heavy atom. The fraction of sp³-hybridized carbons (Fsp3) is 1.00. The van der Waals surface area contributed by atoms with Crippen LogP contribution in [0.3, 0.4) is 0 Å². The van der Waals surface area contributed by atoms with Gasteiger partial charge in [0.05, 0.1) is 0 Å². The van der Waals surface area contributed by atoms with Crippen molar-refractivity contribution >= 4 is 7.82 Å². The van der Waals surface area contributed by atoms with Gasteiger partial charge in [0, 0.05) is 0 Å². The van der Waals surface area contributed by atoms with Crippen molar-refractivity contribution in [1.29, 1.82) is 0 Å². The summed E-state index contributed by atoms with van der Waals surface area (Å²) in [5, 5.41) is 6.57. The average molecular weight is 268 g/mol. The molecule has 0 aliphatic carbocycles. The summed E-state index contributed by atoms with van der Waals surface area (Å²) in [7, 11) is -4.64. The van der Waals surface area contributed by atoms with Crippen LogP contribution in [0.4, 0.5) is 0 Å². The second-order valence-corrected chi connectivity index (χ2v) is 5.16. The monoisotopic (exact) mass is 268 g/mol. The van der Waals surface area contributed by atoms with E-state index in [9.17, 15) is 0 Å². The van der Waals surface area contributed by atoms with Crippen LogP contribution >= 0.6 is 7.82 Å². The van der Waals surface area contributed by atoms with Crippen molar-refractivity contribution in [3.8, 4) is 0 Å². The molecule has 0 radical (unpaired) electrons. The molecule has 2 aliphatic rings. The van der Waals surface area contributed by atoms with Crippen molar-refractivity contribution in [1.82, 2.24) is 10.6 Å². The van der Waals surface area contributed by atoms with Crippen LogP contribution in [0.2, 0.25) is 0 Å². The SMILES string of the molecule is C1CCNCC1.C1CCNCC1.O=P(O)(O)O. The number of nitrogens with one attached hydrogen (secondary N) is 2. The van der Waals surface area contributed by atoms with E-state index in [1.54, 1.807) is 0 Å². The summed E-state index contributed by atoms with van der Waals surface area (Å²) in [5.41, 5.74) is 0. The molecule has 0 spiro atoms. The second-order valence-electron chi connectivity index (χ2n) is 4.13. The molecular formula is C10H25N2O4P. The van der Waals surface area contributed by atoms with Crippen LogP contribution in [-0.2, 0) is 4.57 Å². The van der Waals surface area contributed by atoms with Crippen molar-refractivity contribution in [2.75, 3.05) is 26.2 Å². The first-order valence-corrected chi connectivity index (χ1v) is 7.76. The Morgan fingerprint density at radius 1 is 0.647 bits per heavy atom. The number of phosphoric acid groups is 1. The Balaban J connectivity index is 0.000000228. The topological polar surface area (TPSA) is 102 Å². The highest BCUT2D eigenvalue weighted by atomic mass is 31.2. The first-order chi connectivity index (χ1) is 8.00. The zero-order valence-electron chi connectivity index (χ0n) is 10.3. The van der Waals surface area contributed by atoms with Crippen molar-refractivity contribution in [2.45, 2.75) is 38.5 Å². The van der Waals surface area contributed by atoms with Crippen LogP contribution in [0.15, 0.2) is 0 Å². The highest BCUT2D eigenvalue weighted by Crippen LogP contribution is 2.25. The summed E-state index contributed by atoms with van der Waals surface area (Å²) in [6.45, 7) is 5.00. The summed E-state index contributed by atoms with van der Waals surface area (Å²) in [6, 6.07) is 0. The minimum absolute atomic E-state index is 1.25. The van der Waals surface area contributed by atoms with Crippen LogP contribution < -0.4 is 10.6 Å². The third-order valence-corrected chi connectivity index (χ3v) is 2.41. The molecule has 17 heavy (non-hydrogen) atoms. The zero-order valence-corrected chi connectivity index (χ0v) is 11.2. The Bertz CT molecular complexity index is 159. The maximum Gasteiger partial charge on any atom is 0.466 e. The highest BCUT2D eigenvalue weighted by molar-refractivity contribution is 7.45. The largest absolute Gasteiger partial charge is 0.466 e. The summed E-state index contributed by atoms with van der Waals surface area (Å²) < 4.78 is 8.88. The molecule has 0 saturated carbocycles. The molecule has 2 saturated heterocycles. The van der Waals surface area contributed by atoms with Crippen molar-refractivity contribution in [3.63, 3.8) is 0 Å². The van der Waals surface area contributed by atoms with E-state index < -0.39 is 7.82 Å². The smallest absolute Gasteiger partial charge is 0.317 e. The first-order valence-electron chi connectivity index (χ1n) is 6.20. The molecule has 0 aromatic carbocycles. The second kappa shape index (κ2) is 11.1. The molecule has 0 aromatic rings. The highest BCUT2D eigenvalue weighted by Gasteiger charge is 2.00. The van der Waals surface area contributed by atoms with Crippen molar-refractivity contribution in [2.24, 2.45) is 0 Å². The molecule has 6 nitrogen and oxygen atoms in total. The summed E-state index contributed by atoms with van der Waals surface area (Å²) in [4.78, 5) is 21.6. The van der Waals surface area contributed by atoms with E-state index in [-0.39, 0.29) is 0 Å². The third kappa shape index (κ3) is 21.8. The molecule has 2 fully saturated rings. The lowest BCUT2D eigenvalue weighted by Gasteiger charge is -2.08. The lowest BCUT2D eigenvalue weighted by molar-refractivity contribution is 0.275. The number of hydrogen-bond donors (Lipinski definition) is 5. The summed E-state index contributed by atoms with van der Waals surface area (Å²) >= 11 is 0. The van der Waals surface area contributed by atoms with Gasteiger partial charge in [-0.15, -0.1) is 0 Å². The van der Waals surface area contributed by atoms with Gasteiger partial charge in [-0.3, -0.25) is 0 Å². The van der Waals surface area contributed by atoms with E-state index in [0.29, 0.717) is 0 Å². The van der Waals surface area contributed by atoms with Crippen molar-refractivity contribution in [3.05, 3.63) is 0 Å². The van der Waals surface area contributed by atoms with Gasteiger partial charge in [-0.25, -0.2) is 4.57 Å². The van der Waals surface area contributed by atoms with E-state index >= 15 is 0 Å². The molecule has 2 aliphatic heterocycles. The molecule has 0 bridgehead atoms. The molecule has 0 unspecified atom stereocenters. The van der Waals surface area contributed by atoms with Gasteiger partial charge >= 0.3 is 7.82 Å². The van der Waals surface area contributed by atoms with Gasteiger partial charge in [0.2, 0.25) is 0 Å². The van der Waals surface area contributed by atoms with Crippen LogP contribution in [0.1, 0.15) is 38.5 Å². The minimum Gasteiger partial charge on any atom is -0.317 e. The number of piperidine rings is 2. The molecule has 5 N–H and O–H groups in total. The molecule has 2 rings (SSSR count). The fourth-order valence-electron chi connectivity index (χ4n) is 1.60. The standard InChI is InChI=1S/2C5H11N.H3O4P/c2*1-2-4-6-5-3-1;1-5(2,3)4/h2*6H,1-5H2;(H3,1,2,3,4). The molecule has 0 amide bonds. The lowest BCUT2D eigenvalue weighted by Crippen LogP contribution is -2.21. The average Bonchev–Trinajstić information content (AvgIpc) is 2.32. The predicted octanol–water partition coefficient (Wildman–Crippen LogP) is 0.591. The maximum atomic E-state index is 8.88. The maximum absolute atomic E-state index is 8.88. The van der Waals surface area contributed by atoms with E-state index in [4.69, 9.17) is 19.2 Å². The lowest BCUT2D eigenvalue weighted by atomic mass is 10.2. The molecule has 0 atom stereocenters. The van der Waals surface area contributed by atoms with E-state index in [1.165, 1.54) is 64.7 Å². The number of rotatable bonds is 0. The van der Waals surface area contributed by atoms with E-state index in [1.807, 2.05) is 0 Å². The molecule has 7 heteroatoms. The normalized spacial score (nSPS) is 20.4. The third-order valence-electron chi connectivity index (χ3n) is 2.41. The van der Waals surface area contributed by atoms with Crippen LogP contribution in [0, 0.1) is 0 Å². The summed E-state index contributed by atoms with van der Waals surface area (Å²) in [6.07, 6.45) is 8.43. The molecule has 2 heterocycles. The Morgan fingerprint density at radius 2 is 0.882 bits per heavy atom. The fourth-order valence-corrected chi connectivity index (χ4v) is 1.60. The van der Waals surface area contributed by atoms with Gasteiger partial charge in [0.15, 0.2) is 0 Å². The molecule has 104 valence electrons. The Kier molecular flexibility index (Phi) is 11.2. The molecule has 0 aromatic heterocycles. The minimum atomic E-state index is -4.64. The quantitative estimate of drug-likeness (QED) is 0.412. The Hall–Kier alpha value is 0.0300. The Labute approximate surface area is 103 Å². The van der Waals surface area contributed by atoms with E-state index in [2.05, 4.69) is 10.6 Å². The zero-order chi connectivity index (χ0) is 13.0. The summed E-state index contributed by atoms with van der Waals surface area (Å²) in [5.74, 6) is 0. The van der Waals surface area contributed by atoms with Crippen LogP contribution in [0.25, 0.3) is 0 Å². The van der Waals surface area contributed by atoms with Gasteiger partial charge in [0.1, 0.15) is 0 Å². The number of hydrogen-bond acceptors (Lipinski definition) is 3. The van der Waals surface area contributed by atoms with Gasteiger partial charge in [-0.2, -0.15) is 0 Å². The van der Waals surface area contributed by atoms with Crippen LogP contribution in [-0.4, -0.2) is 40.9 Å².